The van der Waals surface area contributed by atoms with Crippen LogP contribution in [-0.2, 0) is 14.8 Å². The maximum atomic E-state index is 12.4. The van der Waals surface area contributed by atoms with E-state index in [4.69, 9.17) is 4.74 Å². The second kappa shape index (κ2) is 9.76. The number of nitrogens with zero attached hydrogens (tertiary/aromatic N) is 2. The molecule has 2 N–H and O–H groups in total. The first-order valence-corrected chi connectivity index (χ1v) is 10.8. The second-order valence-corrected chi connectivity index (χ2v) is 8.40. The molecule has 0 radical (unpaired) electrons. The number of nitrogens with one attached hydrogen (secondary N) is 2. The average molecular weight is 434 g/mol. The number of benzene rings is 2. The van der Waals surface area contributed by atoms with Crippen LogP contribution in [0.15, 0.2) is 53.4 Å². The molecule has 30 heavy (non-hydrogen) atoms. The molecule has 0 spiro atoms. The monoisotopic (exact) mass is 434 g/mol. The number of carbonyl (C=O) groups excluding carboxylic acids is 1. The highest BCUT2D eigenvalue weighted by atomic mass is 32.2. The van der Waals surface area contributed by atoms with Gasteiger partial charge in [0.25, 0.3) is 11.6 Å². The predicted molar refractivity (Wildman–Crippen MR) is 110 cm³/mol. The number of rotatable bonds is 8. The van der Waals surface area contributed by atoms with Gasteiger partial charge in [-0.1, -0.05) is 0 Å². The van der Waals surface area contributed by atoms with E-state index in [-0.39, 0.29) is 16.1 Å². The molecule has 11 heteroatoms. The van der Waals surface area contributed by atoms with Crippen LogP contribution in [0, 0.1) is 10.1 Å². The average Bonchev–Trinajstić information content (AvgIpc) is 2.75. The Morgan fingerprint density at radius 2 is 1.70 bits per heavy atom. The fourth-order valence-corrected chi connectivity index (χ4v) is 3.92. The molecule has 1 aliphatic rings. The first-order valence-electron chi connectivity index (χ1n) is 9.31. The summed E-state index contributed by atoms with van der Waals surface area (Å²) in [5.74, 6) is -0.454. The molecule has 10 nitrogen and oxygen atoms in total. The molecule has 1 amide bonds. The van der Waals surface area contributed by atoms with E-state index in [0.29, 0.717) is 32.0 Å². The quantitative estimate of drug-likeness (QED) is 0.475. The van der Waals surface area contributed by atoms with Crippen LogP contribution >= 0.6 is 0 Å². The summed E-state index contributed by atoms with van der Waals surface area (Å²) in [6.07, 6.45) is 0. The molecule has 160 valence electrons. The number of amides is 1. The summed E-state index contributed by atoms with van der Waals surface area (Å²) in [4.78, 5) is 24.6. The molecule has 3 rings (SSSR count). The fourth-order valence-electron chi connectivity index (χ4n) is 2.90. The van der Waals surface area contributed by atoms with Crippen molar-refractivity contribution in [3.8, 4) is 0 Å². The Morgan fingerprint density at radius 3 is 2.30 bits per heavy atom. The van der Waals surface area contributed by atoms with Gasteiger partial charge in [-0.05, 0) is 36.4 Å². The van der Waals surface area contributed by atoms with Crippen LogP contribution in [-0.4, -0.2) is 63.5 Å². The molecule has 0 unspecified atom stereocenters. The van der Waals surface area contributed by atoms with Gasteiger partial charge in [0.1, 0.15) is 0 Å². The number of carbonyl (C=O) groups is 1. The fraction of sp³-hybridized carbons (Fsp3) is 0.316. The number of ether oxygens (including phenoxy) is 1. The van der Waals surface area contributed by atoms with Crippen molar-refractivity contribution >= 4 is 27.3 Å². The molecule has 1 heterocycles. The summed E-state index contributed by atoms with van der Waals surface area (Å²) >= 11 is 0. The first-order chi connectivity index (χ1) is 14.3. The summed E-state index contributed by atoms with van der Waals surface area (Å²) in [7, 11) is -3.66. The Hall–Kier alpha value is -2.86. The maximum Gasteiger partial charge on any atom is 0.269 e. The molecule has 1 fully saturated rings. The first kappa shape index (κ1) is 21.8. The molecule has 1 aliphatic heterocycles. The normalized spacial score (nSPS) is 14.9. The minimum Gasteiger partial charge on any atom is -0.379 e. The summed E-state index contributed by atoms with van der Waals surface area (Å²) in [6.45, 7) is 3.77. The van der Waals surface area contributed by atoms with E-state index in [1.807, 2.05) is 0 Å². The van der Waals surface area contributed by atoms with Crippen molar-refractivity contribution in [1.29, 1.82) is 0 Å². The Labute approximate surface area is 174 Å². The third-order valence-electron chi connectivity index (χ3n) is 4.59. The lowest BCUT2D eigenvalue weighted by Gasteiger charge is -2.26. The van der Waals surface area contributed by atoms with Crippen LogP contribution in [0.3, 0.4) is 0 Å². The van der Waals surface area contributed by atoms with E-state index < -0.39 is 20.9 Å². The minimum atomic E-state index is -3.66. The molecular weight excluding hydrogens is 412 g/mol. The second-order valence-electron chi connectivity index (χ2n) is 6.63. The van der Waals surface area contributed by atoms with Crippen molar-refractivity contribution in [2.24, 2.45) is 0 Å². The number of nitro benzene ring substituents is 1. The molecule has 2 aromatic rings. The number of nitro groups is 1. The van der Waals surface area contributed by atoms with Gasteiger partial charge in [-0.15, -0.1) is 0 Å². The van der Waals surface area contributed by atoms with Gasteiger partial charge in [-0.2, -0.15) is 0 Å². The number of non-ortho nitro benzene ring substituents is 1. The third kappa shape index (κ3) is 5.83. The lowest BCUT2D eigenvalue weighted by molar-refractivity contribution is -0.384. The Balaban J connectivity index is 1.55. The zero-order valence-corrected chi connectivity index (χ0v) is 16.9. The number of hydrogen-bond donors (Lipinski definition) is 2. The van der Waals surface area contributed by atoms with Gasteiger partial charge in [0.05, 0.1) is 23.0 Å². The molecule has 0 atom stereocenters. The Morgan fingerprint density at radius 1 is 1.07 bits per heavy atom. The maximum absolute atomic E-state index is 12.4. The van der Waals surface area contributed by atoms with Gasteiger partial charge < -0.3 is 10.1 Å². The van der Waals surface area contributed by atoms with E-state index in [1.54, 1.807) is 0 Å². The van der Waals surface area contributed by atoms with E-state index in [1.165, 1.54) is 48.5 Å². The summed E-state index contributed by atoms with van der Waals surface area (Å²) in [5, 5.41) is 13.3. The van der Waals surface area contributed by atoms with Gasteiger partial charge in [-0.3, -0.25) is 19.8 Å². The highest BCUT2D eigenvalue weighted by Crippen LogP contribution is 2.16. The van der Waals surface area contributed by atoms with Crippen LogP contribution in [0.2, 0.25) is 0 Å². The Bertz CT molecular complexity index is 987. The van der Waals surface area contributed by atoms with Gasteiger partial charge in [-0.25, -0.2) is 13.1 Å². The molecule has 0 aliphatic carbocycles. The van der Waals surface area contributed by atoms with E-state index in [0.717, 1.165) is 13.1 Å². The lowest BCUT2D eigenvalue weighted by atomic mass is 10.2. The van der Waals surface area contributed by atoms with Crippen LogP contribution in [0.4, 0.5) is 11.4 Å². The van der Waals surface area contributed by atoms with Crippen LogP contribution in [0.25, 0.3) is 0 Å². The van der Waals surface area contributed by atoms with Crippen molar-refractivity contribution in [2.45, 2.75) is 4.90 Å². The number of morpholine rings is 1. The van der Waals surface area contributed by atoms with Crippen molar-refractivity contribution in [1.82, 2.24) is 9.62 Å². The lowest BCUT2D eigenvalue weighted by Crippen LogP contribution is -2.41. The van der Waals surface area contributed by atoms with Gasteiger partial charge in [0.15, 0.2) is 0 Å². The van der Waals surface area contributed by atoms with Crippen molar-refractivity contribution in [3.63, 3.8) is 0 Å². The zero-order chi connectivity index (χ0) is 21.6. The minimum absolute atomic E-state index is 0.0952. The number of sulfonamides is 1. The highest BCUT2D eigenvalue weighted by molar-refractivity contribution is 7.89. The molecule has 1 saturated heterocycles. The molecular formula is C19H22N4O6S. The molecule has 0 saturated carbocycles. The van der Waals surface area contributed by atoms with Gasteiger partial charge >= 0.3 is 0 Å². The smallest absolute Gasteiger partial charge is 0.269 e. The molecule has 2 aromatic carbocycles. The third-order valence-corrected chi connectivity index (χ3v) is 6.06. The van der Waals surface area contributed by atoms with E-state index in [2.05, 4.69) is 14.9 Å². The molecule has 0 aromatic heterocycles. The largest absolute Gasteiger partial charge is 0.379 e. The standard InChI is InChI=1S/C19H22N4O6S/c24-19(15-1-5-17(6-2-15)23(25)26)21-16-3-7-18(8-4-16)30(27,28)20-9-10-22-11-13-29-14-12-22/h1-8,20H,9-14H2,(H,21,24). The zero-order valence-electron chi connectivity index (χ0n) is 16.1. The van der Waals surface area contributed by atoms with Gasteiger partial charge in [0.2, 0.25) is 10.0 Å². The highest BCUT2D eigenvalue weighted by Gasteiger charge is 2.16. The van der Waals surface area contributed by atoms with Crippen LogP contribution in [0.1, 0.15) is 10.4 Å². The van der Waals surface area contributed by atoms with Gasteiger partial charge in [0, 0.05) is 49.6 Å². The van der Waals surface area contributed by atoms with E-state index >= 15 is 0 Å². The summed E-state index contributed by atoms with van der Waals surface area (Å²) in [5.41, 5.74) is 0.551. The topological polar surface area (TPSA) is 131 Å². The number of anilines is 1. The Kier molecular flexibility index (Phi) is 7.11. The van der Waals surface area contributed by atoms with E-state index in [9.17, 15) is 23.3 Å². The van der Waals surface area contributed by atoms with Crippen LogP contribution in [0.5, 0.6) is 0 Å². The SMILES string of the molecule is O=C(Nc1ccc(S(=O)(=O)NCCN2CCOCC2)cc1)c1ccc([N+](=O)[O-])cc1. The van der Waals surface area contributed by atoms with Crippen molar-refractivity contribution in [3.05, 3.63) is 64.2 Å². The number of hydrogen-bond acceptors (Lipinski definition) is 7. The summed E-state index contributed by atoms with van der Waals surface area (Å²) in [6, 6.07) is 11.0. The van der Waals surface area contributed by atoms with Crippen LogP contribution < -0.4 is 10.0 Å². The van der Waals surface area contributed by atoms with Crippen molar-refractivity contribution < 1.29 is 22.9 Å². The van der Waals surface area contributed by atoms with Crippen molar-refractivity contribution in [2.75, 3.05) is 44.7 Å². The molecule has 0 bridgehead atoms. The predicted octanol–water partition coefficient (Wildman–Crippen LogP) is 1.46. The summed E-state index contributed by atoms with van der Waals surface area (Å²) < 4.78 is 32.7.